The second kappa shape index (κ2) is 7.49. The fraction of sp³-hybridized carbons (Fsp3) is 0.222. The lowest BCUT2D eigenvalue weighted by molar-refractivity contribution is 0.341. The quantitative estimate of drug-likeness (QED) is 0.532. The maximum atomic E-state index is 13.7. The van der Waals surface area contributed by atoms with E-state index in [1.54, 1.807) is 18.2 Å². The molecule has 1 heterocycles. The summed E-state index contributed by atoms with van der Waals surface area (Å²) < 4.78 is 19.5. The number of thioether (sulfide) groups is 1. The number of halogens is 1. The molecule has 0 unspecified atom stereocenters. The van der Waals surface area contributed by atoms with Gasteiger partial charge in [-0.05, 0) is 43.2 Å². The van der Waals surface area contributed by atoms with Crippen LogP contribution in [0.4, 0.5) is 4.39 Å². The molecule has 124 valence electrons. The first-order valence-electron chi connectivity index (χ1n) is 7.63. The van der Waals surface area contributed by atoms with Crippen molar-refractivity contribution in [3.63, 3.8) is 0 Å². The molecule has 0 bridgehead atoms. The van der Waals surface area contributed by atoms with Gasteiger partial charge in [0.25, 0.3) is 0 Å². The van der Waals surface area contributed by atoms with Gasteiger partial charge in [0.05, 0.1) is 12.2 Å². The van der Waals surface area contributed by atoms with E-state index >= 15 is 0 Å². The molecule has 0 saturated heterocycles. The predicted octanol–water partition coefficient (Wildman–Crippen LogP) is 4.40. The molecule has 1 aromatic heterocycles. The summed E-state index contributed by atoms with van der Waals surface area (Å²) >= 11 is 1.47. The zero-order valence-corrected chi connectivity index (χ0v) is 14.4. The largest absolute Gasteiger partial charge is 0.492 e. The predicted molar refractivity (Wildman–Crippen MR) is 93.9 cm³/mol. The Hall–Kier alpha value is -2.34. The molecule has 3 rings (SSSR count). The number of rotatable bonds is 6. The third-order valence-corrected chi connectivity index (χ3v) is 4.32. The molecule has 24 heavy (non-hydrogen) atoms. The molecule has 0 aliphatic heterocycles. The molecule has 1 N–H and O–H groups in total. The molecule has 2 aromatic carbocycles. The number of aromatic nitrogens is 3. The Morgan fingerprint density at radius 1 is 1.17 bits per heavy atom. The lowest BCUT2D eigenvalue weighted by Gasteiger charge is -2.09. The number of hydrogen-bond acceptors (Lipinski definition) is 4. The van der Waals surface area contributed by atoms with E-state index in [9.17, 15) is 4.39 Å². The monoisotopic (exact) mass is 343 g/mol. The van der Waals surface area contributed by atoms with Crippen LogP contribution in [0.5, 0.6) is 5.75 Å². The number of aryl methyl sites for hydroxylation is 2. The third kappa shape index (κ3) is 3.94. The topological polar surface area (TPSA) is 50.8 Å². The van der Waals surface area contributed by atoms with Crippen LogP contribution in [0.3, 0.4) is 0 Å². The van der Waals surface area contributed by atoms with Crippen LogP contribution in [0.1, 0.15) is 11.1 Å². The standard InChI is InChI=1S/C18H18FN3OS/c1-12-7-8-13(2)16(11-12)23-9-10-24-18-20-17(21-22-18)14-5-3-4-6-15(14)19/h3-8,11H,9-10H2,1-2H3,(H,20,21,22). The zero-order valence-electron chi connectivity index (χ0n) is 13.5. The number of aromatic amines is 1. The van der Waals surface area contributed by atoms with E-state index in [0.29, 0.717) is 28.9 Å². The third-order valence-electron chi connectivity index (χ3n) is 3.51. The van der Waals surface area contributed by atoms with Gasteiger partial charge in [-0.1, -0.05) is 36.0 Å². The number of H-pyrrole nitrogens is 1. The van der Waals surface area contributed by atoms with Gasteiger partial charge in [-0.2, -0.15) is 0 Å². The van der Waals surface area contributed by atoms with Crippen LogP contribution in [0.15, 0.2) is 47.6 Å². The van der Waals surface area contributed by atoms with Crippen molar-refractivity contribution in [2.75, 3.05) is 12.4 Å². The minimum atomic E-state index is -0.316. The van der Waals surface area contributed by atoms with E-state index in [1.807, 2.05) is 26.0 Å². The number of hydrogen-bond donors (Lipinski definition) is 1. The Kier molecular flexibility index (Phi) is 5.15. The van der Waals surface area contributed by atoms with Gasteiger partial charge >= 0.3 is 0 Å². The fourth-order valence-electron chi connectivity index (χ4n) is 2.23. The molecular weight excluding hydrogens is 325 g/mol. The average Bonchev–Trinajstić information content (AvgIpc) is 3.04. The van der Waals surface area contributed by atoms with Gasteiger partial charge < -0.3 is 4.74 Å². The molecule has 3 aromatic rings. The van der Waals surface area contributed by atoms with Gasteiger partial charge in [-0.25, -0.2) is 9.37 Å². The Bertz CT molecular complexity index is 835. The smallest absolute Gasteiger partial charge is 0.208 e. The molecule has 0 amide bonds. The van der Waals surface area contributed by atoms with Crippen LogP contribution in [0.25, 0.3) is 11.4 Å². The molecule has 0 fully saturated rings. The van der Waals surface area contributed by atoms with Crippen molar-refractivity contribution in [2.24, 2.45) is 0 Å². The van der Waals surface area contributed by atoms with Crippen LogP contribution in [-0.2, 0) is 0 Å². The van der Waals surface area contributed by atoms with Crippen LogP contribution in [0, 0.1) is 19.7 Å². The first-order valence-corrected chi connectivity index (χ1v) is 8.62. The van der Waals surface area contributed by atoms with Crippen molar-refractivity contribution in [1.29, 1.82) is 0 Å². The molecule has 6 heteroatoms. The number of nitrogens with one attached hydrogen (secondary N) is 1. The van der Waals surface area contributed by atoms with Gasteiger partial charge in [0, 0.05) is 5.75 Å². The molecular formula is C18H18FN3OS. The molecule has 4 nitrogen and oxygen atoms in total. The minimum Gasteiger partial charge on any atom is -0.492 e. The summed E-state index contributed by atoms with van der Waals surface area (Å²) in [6, 6.07) is 12.6. The van der Waals surface area contributed by atoms with Crippen molar-refractivity contribution in [2.45, 2.75) is 19.0 Å². The van der Waals surface area contributed by atoms with E-state index in [4.69, 9.17) is 4.74 Å². The van der Waals surface area contributed by atoms with Gasteiger partial charge in [-0.3, -0.25) is 5.10 Å². The molecule has 0 atom stereocenters. The summed E-state index contributed by atoms with van der Waals surface area (Å²) in [6.45, 7) is 4.62. The fourth-order valence-corrected chi connectivity index (χ4v) is 2.85. The Morgan fingerprint density at radius 2 is 2.00 bits per heavy atom. The normalized spacial score (nSPS) is 10.8. The lowest BCUT2D eigenvalue weighted by Crippen LogP contribution is -2.02. The second-order valence-electron chi connectivity index (χ2n) is 5.41. The van der Waals surface area contributed by atoms with E-state index in [1.165, 1.54) is 23.4 Å². The Morgan fingerprint density at radius 3 is 2.83 bits per heavy atom. The maximum absolute atomic E-state index is 13.7. The zero-order chi connectivity index (χ0) is 16.9. The SMILES string of the molecule is Cc1ccc(C)c(OCCSc2n[nH]c(-c3ccccc3F)n2)c1. The summed E-state index contributed by atoms with van der Waals surface area (Å²) in [6.07, 6.45) is 0. The highest BCUT2D eigenvalue weighted by Crippen LogP contribution is 2.22. The number of benzene rings is 2. The molecule has 0 radical (unpaired) electrons. The van der Waals surface area contributed by atoms with E-state index in [2.05, 4.69) is 21.2 Å². The minimum absolute atomic E-state index is 0.316. The van der Waals surface area contributed by atoms with Crippen molar-refractivity contribution in [3.8, 4) is 17.1 Å². The Labute approximate surface area is 144 Å². The maximum Gasteiger partial charge on any atom is 0.208 e. The first kappa shape index (κ1) is 16.5. The molecule has 0 spiro atoms. The number of nitrogens with zero attached hydrogens (tertiary/aromatic N) is 2. The van der Waals surface area contributed by atoms with Gasteiger partial charge in [0.1, 0.15) is 11.6 Å². The van der Waals surface area contributed by atoms with Crippen molar-refractivity contribution >= 4 is 11.8 Å². The van der Waals surface area contributed by atoms with Crippen LogP contribution < -0.4 is 4.74 Å². The summed E-state index contributed by atoms with van der Waals surface area (Å²) in [5.41, 5.74) is 2.71. The summed E-state index contributed by atoms with van der Waals surface area (Å²) in [5, 5.41) is 7.47. The molecule has 0 aliphatic rings. The highest BCUT2D eigenvalue weighted by molar-refractivity contribution is 7.99. The van der Waals surface area contributed by atoms with E-state index in [-0.39, 0.29) is 5.82 Å². The van der Waals surface area contributed by atoms with Crippen molar-refractivity contribution in [3.05, 3.63) is 59.4 Å². The molecule has 0 aliphatic carbocycles. The van der Waals surface area contributed by atoms with E-state index in [0.717, 1.165) is 11.3 Å². The van der Waals surface area contributed by atoms with Crippen LogP contribution >= 0.6 is 11.8 Å². The lowest BCUT2D eigenvalue weighted by atomic mass is 10.1. The summed E-state index contributed by atoms with van der Waals surface area (Å²) in [5.74, 6) is 1.73. The van der Waals surface area contributed by atoms with E-state index < -0.39 is 0 Å². The molecule has 0 saturated carbocycles. The van der Waals surface area contributed by atoms with Crippen molar-refractivity contribution < 1.29 is 9.13 Å². The highest BCUT2D eigenvalue weighted by Gasteiger charge is 2.10. The van der Waals surface area contributed by atoms with Gasteiger partial charge in [0.2, 0.25) is 5.16 Å². The average molecular weight is 343 g/mol. The van der Waals surface area contributed by atoms with Gasteiger partial charge in [0.15, 0.2) is 5.82 Å². The summed E-state index contributed by atoms with van der Waals surface area (Å²) in [7, 11) is 0. The summed E-state index contributed by atoms with van der Waals surface area (Å²) in [4.78, 5) is 4.32. The Balaban J connectivity index is 1.55. The second-order valence-corrected chi connectivity index (χ2v) is 6.47. The van der Waals surface area contributed by atoms with Crippen LogP contribution in [0.2, 0.25) is 0 Å². The van der Waals surface area contributed by atoms with Gasteiger partial charge in [-0.15, -0.1) is 5.10 Å². The first-order chi connectivity index (χ1) is 11.6. The van der Waals surface area contributed by atoms with Crippen LogP contribution in [-0.4, -0.2) is 27.5 Å². The van der Waals surface area contributed by atoms with Crippen molar-refractivity contribution in [1.82, 2.24) is 15.2 Å². The highest BCUT2D eigenvalue weighted by atomic mass is 32.2. The number of ether oxygens (including phenoxy) is 1.